The van der Waals surface area contributed by atoms with Gasteiger partial charge in [0.2, 0.25) is 0 Å². The van der Waals surface area contributed by atoms with E-state index in [4.69, 9.17) is 10.5 Å². The first-order chi connectivity index (χ1) is 6.67. The molecule has 1 rings (SSSR count). The molecular weight excluding hydrogens is 242 g/mol. The quantitative estimate of drug-likeness (QED) is 0.901. The first kappa shape index (κ1) is 11.5. The normalized spacial score (nSPS) is 12.6. The van der Waals surface area contributed by atoms with Gasteiger partial charge in [-0.25, -0.2) is 0 Å². The maximum Gasteiger partial charge on any atom is 0.133 e. The van der Waals surface area contributed by atoms with E-state index in [0.717, 1.165) is 23.1 Å². The molecule has 0 bridgehead atoms. The smallest absolute Gasteiger partial charge is 0.133 e. The number of rotatable bonds is 4. The van der Waals surface area contributed by atoms with Crippen molar-refractivity contribution in [2.45, 2.75) is 25.8 Å². The predicted octanol–water partition coefficient (Wildman–Crippen LogP) is 2.74. The van der Waals surface area contributed by atoms with E-state index in [2.05, 4.69) is 35.0 Å². The lowest BCUT2D eigenvalue weighted by Crippen LogP contribution is -2.21. The van der Waals surface area contributed by atoms with Crippen LogP contribution in [0.5, 0.6) is 5.75 Å². The summed E-state index contributed by atoms with van der Waals surface area (Å²) >= 11 is 3.45. The van der Waals surface area contributed by atoms with E-state index in [9.17, 15) is 0 Å². The molecule has 1 unspecified atom stereocenters. The maximum absolute atomic E-state index is 5.88. The van der Waals surface area contributed by atoms with Gasteiger partial charge in [0.05, 0.1) is 11.6 Å². The number of hydrogen-bond acceptors (Lipinski definition) is 2. The third-order valence-electron chi connectivity index (χ3n) is 2.24. The number of benzene rings is 1. The lowest BCUT2D eigenvalue weighted by Gasteiger charge is -2.10. The molecule has 1 aromatic carbocycles. The molecule has 0 saturated carbocycles. The van der Waals surface area contributed by atoms with E-state index in [0.29, 0.717) is 0 Å². The summed E-state index contributed by atoms with van der Waals surface area (Å²) in [5, 5.41) is 0. The summed E-state index contributed by atoms with van der Waals surface area (Å²) < 4.78 is 6.14. The van der Waals surface area contributed by atoms with Crippen LogP contribution in [0.2, 0.25) is 0 Å². The molecule has 0 spiro atoms. The lowest BCUT2D eigenvalue weighted by atomic mass is 10.0. The molecular formula is C11H16BrNO. The molecule has 3 heteroatoms. The van der Waals surface area contributed by atoms with Crippen LogP contribution < -0.4 is 10.5 Å². The van der Waals surface area contributed by atoms with Crippen LogP contribution >= 0.6 is 15.9 Å². The predicted molar refractivity (Wildman–Crippen MR) is 62.7 cm³/mol. The highest BCUT2D eigenvalue weighted by atomic mass is 79.9. The van der Waals surface area contributed by atoms with Gasteiger partial charge in [0.25, 0.3) is 0 Å². The van der Waals surface area contributed by atoms with Crippen molar-refractivity contribution in [2.24, 2.45) is 5.73 Å². The van der Waals surface area contributed by atoms with Crippen molar-refractivity contribution in [1.82, 2.24) is 0 Å². The summed E-state index contributed by atoms with van der Waals surface area (Å²) in [5.74, 6) is 0.860. The number of halogens is 1. The molecule has 0 aliphatic carbocycles. The zero-order valence-corrected chi connectivity index (χ0v) is 10.2. The molecule has 2 nitrogen and oxygen atoms in total. The summed E-state index contributed by atoms with van der Waals surface area (Å²) in [6, 6.07) is 6.32. The maximum atomic E-state index is 5.88. The Morgan fingerprint density at radius 2 is 2.21 bits per heavy atom. The minimum absolute atomic E-state index is 0.246. The van der Waals surface area contributed by atoms with Crippen molar-refractivity contribution < 1.29 is 4.74 Å². The molecule has 0 aliphatic heterocycles. The molecule has 0 heterocycles. The van der Waals surface area contributed by atoms with Crippen molar-refractivity contribution in [3.63, 3.8) is 0 Å². The summed E-state index contributed by atoms with van der Waals surface area (Å²) in [4.78, 5) is 0. The van der Waals surface area contributed by atoms with Crippen LogP contribution in [0.3, 0.4) is 0 Å². The molecule has 78 valence electrons. The van der Waals surface area contributed by atoms with Crippen LogP contribution in [-0.4, -0.2) is 13.2 Å². The van der Waals surface area contributed by atoms with Gasteiger partial charge >= 0.3 is 0 Å². The Hall–Kier alpha value is -0.540. The molecule has 0 amide bonds. The lowest BCUT2D eigenvalue weighted by molar-refractivity contribution is 0.412. The number of hydrogen-bond donors (Lipinski definition) is 1. The highest BCUT2D eigenvalue weighted by molar-refractivity contribution is 9.10. The second kappa shape index (κ2) is 5.37. The van der Waals surface area contributed by atoms with E-state index < -0.39 is 0 Å². The average Bonchev–Trinajstić information content (AvgIpc) is 2.18. The number of ether oxygens (including phenoxy) is 1. The molecule has 2 N–H and O–H groups in total. The molecule has 0 radical (unpaired) electrons. The molecule has 1 aromatic rings. The zero-order chi connectivity index (χ0) is 10.6. The molecule has 0 fully saturated rings. The zero-order valence-electron chi connectivity index (χ0n) is 8.59. The van der Waals surface area contributed by atoms with Gasteiger partial charge < -0.3 is 10.5 Å². The highest BCUT2D eigenvalue weighted by Crippen LogP contribution is 2.25. The van der Waals surface area contributed by atoms with E-state index in [1.54, 1.807) is 7.11 Å². The standard InChI is InChI=1S/C11H16BrNO/c1-3-9(13)6-8-4-5-11(14-2)10(12)7-8/h4-5,7,9H,3,6,13H2,1-2H3. The third kappa shape index (κ3) is 3.00. The van der Waals surface area contributed by atoms with Crippen LogP contribution in [0.15, 0.2) is 22.7 Å². The first-order valence-electron chi connectivity index (χ1n) is 4.75. The fraction of sp³-hybridized carbons (Fsp3) is 0.455. The Labute approximate surface area is 93.6 Å². The summed E-state index contributed by atoms with van der Waals surface area (Å²) in [6.07, 6.45) is 1.92. The third-order valence-corrected chi connectivity index (χ3v) is 2.86. The van der Waals surface area contributed by atoms with Gasteiger partial charge in [-0.2, -0.15) is 0 Å². The topological polar surface area (TPSA) is 35.2 Å². The van der Waals surface area contributed by atoms with E-state index >= 15 is 0 Å². The summed E-state index contributed by atoms with van der Waals surface area (Å²) in [6.45, 7) is 2.10. The van der Waals surface area contributed by atoms with Crippen LogP contribution in [0.4, 0.5) is 0 Å². The van der Waals surface area contributed by atoms with Crippen molar-refractivity contribution in [2.75, 3.05) is 7.11 Å². The van der Waals surface area contributed by atoms with Gasteiger partial charge in [-0.05, 0) is 46.5 Å². The Balaban J connectivity index is 2.76. The minimum Gasteiger partial charge on any atom is -0.496 e. The van der Waals surface area contributed by atoms with E-state index in [1.165, 1.54) is 5.56 Å². The second-order valence-corrected chi connectivity index (χ2v) is 4.20. The molecule has 14 heavy (non-hydrogen) atoms. The van der Waals surface area contributed by atoms with Crippen molar-refractivity contribution in [1.29, 1.82) is 0 Å². The fourth-order valence-electron chi connectivity index (χ4n) is 1.28. The van der Waals surface area contributed by atoms with Gasteiger partial charge in [0.1, 0.15) is 5.75 Å². The van der Waals surface area contributed by atoms with Crippen LogP contribution in [-0.2, 0) is 6.42 Å². The first-order valence-corrected chi connectivity index (χ1v) is 5.54. The SMILES string of the molecule is CCC(N)Cc1ccc(OC)c(Br)c1. The molecule has 0 aromatic heterocycles. The van der Waals surface area contributed by atoms with Crippen LogP contribution in [0.1, 0.15) is 18.9 Å². The molecule has 0 saturated heterocycles. The van der Waals surface area contributed by atoms with Crippen LogP contribution in [0, 0.1) is 0 Å². The van der Waals surface area contributed by atoms with Gasteiger partial charge in [-0.1, -0.05) is 13.0 Å². The largest absolute Gasteiger partial charge is 0.496 e. The van der Waals surface area contributed by atoms with Crippen LogP contribution in [0.25, 0.3) is 0 Å². The van der Waals surface area contributed by atoms with E-state index in [1.807, 2.05) is 6.07 Å². The average molecular weight is 258 g/mol. The monoisotopic (exact) mass is 257 g/mol. The molecule has 0 aliphatic rings. The fourth-order valence-corrected chi connectivity index (χ4v) is 1.87. The van der Waals surface area contributed by atoms with Gasteiger partial charge in [-0.15, -0.1) is 0 Å². The van der Waals surface area contributed by atoms with Gasteiger partial charge in [0.15, 0.2) is 0 Å². The minimum atomic E-state index is 0.246. The van der Waals surface area contributed by atoms with Crippen molar-refractivity contribution in [3.8, 4) is 5.75 Å². The number of methoxy groups -OCH3 is 1. The Kier molecular flexibility index (Phi) is 4.42. The summed E-state index contributed by atoms with van der Waals surface area (Å²) in [7, 11) is 1.66. The highest BCUT2D eigenvalue weighted by Gasteiger charge is 2.04. The van der Waals surface area contributed by atoms with Gasteiger partial charge in [-0.3, -0.25) is 0 Å². The molecule has 1 atom stereocenters. The summed E-state index contributed by atoms with van der Waals surface area (Å²) in [5.41, 5.74) is 7.12. The van der Waals surface area contributed by atoms with Gasteiger partial charge in [0, 0.05) is 6.04 Å². The van der Waals surface area contributed by atoms with Crippen molar-refractivity contribution in [3.05, 3.63) is 28.2 Å². The Morgan fingerprint density at radius 3 is 2.71 bits per heavy atom. The Morgan fingerprint density at radius 1 is 1.50 bits per heavy atom. The number of nitrogens with two attached hydrogens (primary N) is 1. The Bertz CT molecular complexity index is 301. The van der Waals surface area contributed by atoms with Crippen molar-refractivity contribution >= 4 is 15.9 Å². The van der Waals surface area contributed by atoms with E-state index in [-0.39, 0.29) is 6.04 Å². The second-order valence-electron chi connectivity index (χ2n) is 3.34.